The van der Waals surface area contributed by atoms with E-state index in [4.69, 9.17) is 4.74 Å². The summed E-state index contributed by atoms with van der Waals surface area (Å²) in [5, 5.41) is 10.1. The minimum Gasteiger partial charge on any atom is -0.460 e. The second-order valence-electron chi connectivity index (χ2n) is 6.81. The van der Waals surface area contributed by atoms with Crippen molar-refractivity contribution in [2.75, 3.05) is 0 Å². The predicted molar refractivity (Wildman–Crippen MR) is 93.7 cm³/mol. The summed E-state index contributed by atoms with van der Waals surface area (Å²) in [6.45, 7) is 7.58. The Labute approximate surface area is 147 Å². The third-order valence-corrected chi connectivity index (χ3v) is 4.60. The van der Waals surface area contributed by atoms with Crippen LogP contribution in [0, 0.1) is 27.7 Å². The Morgan fingerprint density at radius 1 is 1.12 bits per heavy atom. The Bertz CT molecular complexity index is 723. The number of nitrogens with one attached hydrogen (secondary N) is 2. The number of nitrogens with zero attached hydrogens (tertiary/aromatic N) is 3. The molecule has 0 bridgehead atoms. The highest BCUT2D eigenvalue weighted by molar-refractivity contribution is 5.96. The van der Waals surface area contributed by atoms with Gasteiger partial charge < -0.3 is 10.1 Å². The highest BCUT2D eigenvalue weighted by Gasteiger charge is 2.26. The lowest BCUT2D eigenvalue weighted by molar-refractivity contribution is 0.0883. The molecule has 2 N–H and O–H groups in total. The van der Waals surface area contributed by atoms with Gasteiger partial charge in [0.1, 0.15) is 6.10 Å². The first kappa shape index (κ1) is 17.4. The van der Waals surface area contributed by atoms with Gasteiger partial charge in [0.25, 0.3) is 5.91 Å². The second-order valence-corrected chi connectivity index (χ2v) is 6.81. The van der Waals surface area contributed by atoms with Crippen molar-refractivity contribution in [2.24, 2.45) is 0 Å². The molecule has 1 fully saturated rings. The summed E-state index contributed by atoms with van der Waals surface area (Å²) in [7, 11) is 0. The zero-order valence-electron chi connectivity index (χ0n) is 15.2. The maximum Gasteiger partial charge on any atom is 0.317 e. The number of amides is 1. The molecule has 1 aliphatic rings. The van der Waals surface area contributed by atoms with Crippen molar-refractivity contribution in [3.63, 3.8) is 0 Å². The van der Waals surface area contributed by atoms with Crippen molar-refractivity contribution in [1.29, 1.82) is 0 Å². The predicted octanol–water partition coefficient (Wildman–Crippen LogP) is 2.55. The third kappa shape index (κ3) is 4.15. The molecule has 7 heteroatoms. The number of rotatable bonds is 4. The molecule has 2 aromatic rings. The minimum atomic E-state index is -0.0502. The summed E-state index contributed by atoms with van der Waals surface area (Å²) in [6.07, 6.45) is 3.63. The molecule has 0 aliphatic heterocycles. The first-order valence-electron chi connectivity index (χ1n) is 8.73. The van der Waals surface area contributed by atoms with E-state index in [9.17, 15) is 4.79 Å². The molecule has 0 spiro atoms. The van der Waals surface area contributed by atoms with E-state index >= 15 is 0 Å². The Morgan fingerprint density at radius 2 is 1.76 bits per heavy atom. The number of hydrogen-bond donors (Lipinski definition) is 2. The number of aromatic amines is 1. The molecule has 3 rings (SSSR count). The van der Waals surface area contributed by atoms with Crippen molar-refractivity contribution in [2.45, 2.75) is 65.5 Å². The third-order valence-electron chi connectivity index (χ3n) is 4.60. The smallest absolute Gasteiger partial charge is 0.317 e. The largest absolute Gasteiger partial charge is 0.460 e. The van der Waals surface area contributed by atoms with E-state index in [-0.39, 0.29) is 18.1 Å². The van der Waals surface area contributed by atoms with E-state index in [1.54, 1.807) is 0 Å². The van der Waals surface area contributed by atoms with Crippen LogP contribution in [0.5, 0.6) is 6.01 Å². The lowest BCUT2D eigenvalue weighted by Crippen LogP contribution is -2.40. The molecular weight excluding hydrogens is 318 g/mol. The number of aryl methyl sites for hydroxylation is 4. The SMILES string of the molecule is Cc1cc(C)nc(OC2CCC(NC(=O)c3c(C)n[nH]c3C)CC2)n1. The molecule has 0 radical (unpaired) electrons. The van der Waals surface area contributed by atoms with E-state index < -0.39 is 0 Å². The van der Waals surface area contributed by atoms with Gasteiger partial charge in [-0.3, -0.25) is 9.89 Å². The average molecular weight is 343 g/mol. The van der Waals surface area contributed by atoms with Crippen molar-refractivity contribution >= 4 is 5.91 Å². The van der Waals surface area contributed by atoms with Crippen molar-refractivity contribution in [3.8, 4) is 6.01 Å². The number of aromatic nitrogens is 4. The van der Waals surface area contributed by atoms with Crippen LogP contribution < -0.4 is 10.1 Å². The fraction of sp³-hybridized carbons (Fsp3) is 0.556. The first-order valence-corrected chi connectivity index (χ1v) is 8.73. The topological polar surface area (TPSA) is 92.8 Å². The number of ether oxygens (including phenoxy) is 1. The molecule has 2 aromatic heterocycles. The first-order chi connectivity index (χ1) is 11.9. The maximum atomic E-state index is 12.4. The van der Waals surface area contributed by atoms with Crippen LogP contribution in [-0.2, 0) is 0 Å². The molecule has 0 saturated heterocycles. The normalized spacial score (nSPS) is 20.3. The number of hydrogen-bond acceptors (Lipinski definition) is 5. The van der Waals surface area contributed by atoms with Gasteiger partial charge in [-0.25, -0.2) is 9.97 Å². The molecule has 0 atom stereocenters. The quantitative estimate of drug-likeness (QED) is 0.890. The second kappa shape index (κ2) is 7.21. The Balaban J connectivity index is 1.52. The van der Waals surface area contributed by atoms with Crippen LogP contribution in [-0.4, -0.2) is 38.2 Å². The van der Waals surface area contributed by atoms with Gasteiger partial charge in [-0.1, -0.05) is 0 Å². The molecule has 0 aromatic carbocycles. The molecule has 7 nitrogen and oxygen atoms in total. The van der Waals surface area contributed by atoms with Gasteiger partial charge in [0, 0.05) is 23.1 Å². The summed E-state index contributed by atoms with van der Waals surface area (Å²) in [5.74, 6) is -0.0502. The molecule has 2 heterocycles. The van der Waals surface area contributed by atoms with Crippen LogP contribution >= 0.6 is 0 Å². The van der Waals surface area contributed by atoms with Gasteiger partial charge in [-0.2, -0.15) is 5.10 Å². The Kier molecular flexibility index (Phi) is 5.01. The molecule has 1 aliphatic carbocycles. The van der Waals surface area contributed by atoms with Gasteiger partial charge in [0.05, 0.1) is 11.3 Å². The monoisotopic (exact) mass is 343 g/mol. The van der Waals surface area contributed by atoms with Crippen molar-refractivity contribution in [1.82, 2.24) is 25.5 Å². The van der Waals surface area contributed by atoms with E-state index in [0.717, 1.165) is 48.5 Å². The highest BCUT2D eigenvalue weighted by atomic mass is 16.5. The maximum absolute atomic E-state index is 12.4. The van der Waals surface area contributed by atoms with Crippen molar-refractivity contribution in [3.05, 3.63) is 34.4 Å². The molecule has 134 valence electrons. The lowest BCUT2D eigenvalue weighted by atomic mass is 9.92. The molecule has 1 amide bonds. The summed E-state index contributed by atoms with van der Waals surface area (Å²) in [6, 6.07) is 2.55. The van der Waals surface area contributed by atoms with Crippen LogP contribution in [0.15, 0.2) is 6.07 Å². The molecule has 25 heavy (non-hydrogen) atoms. The van der Waals surface area contributed by atoms with Crippen LogP contribution in [0.2, 0.25) is 0 Å². The number of carbonyl (C=O) groups is 1. The fourth-order valence-electron chi connectivity index (χ4n) is 3.36. The van der Waals surface area contributed by atoms with E-state index in [1.165, 1.54) is 0 Å². The minimum absolute atomic E-state index is 0.0502. The van der Waals surface area contributed by atoms with E-state index in [0.29, 0.717) is 11.6 Å². The van der Waals surface area contributed by atoms with Gasteiger partial charge >= 0.3 is 6.01 Å². The van der Waals surface area contributed by atoms with Gasteiger partial charge in [-0.15, -0.1) is 0 Å². The zero-order valence-corrected chi connectivity index (χ0v) is 15.2. The van der Waals surface area contributed by atoms with Gasteiger partial charge in [-0.05, 0) is 59.4 Å². The molecule has 0 unspecified atom stereocenters. The van der Waals surface area contributed by atoms with Crippen LogP contribution in [0.3, 0.4) is 0 Å². The standard InChI is InChI=1S/C18H25N5O2/c1-10-9-11(2)20-18(19-10)25-15-7-5-14(6-8-15)21-17(24)16-12(3)22-23-13(16)4/h9,14-15H,5-8H2,1-4H3,(H,21,24)(H,22,23). The zero-order chi connectivity index (χ0) is 18.0. The number of carbonyl (C=O) groups excluding carboxylic acids is 1. The van der Waals surface area contributed by atoms with Crippen LogP contribution in [0.4, 0.5) is 0 Å². The van der Waals surface area contributed by atoms with Gasteiger partial charge in [0.2, 0.25) is 0 Å². The highest BCUT2D eigenvalue weighted by Crippen LogP contribution is 2.23. The Hall–Kier alpha value is -2.44. The summed E-state index contributed by atoms with van der Waals surface area (Å²) in [5.41, 5.74) is 4.02. The van der Waals surface area contributed by atoms with E-state index in [1.807, 2.05) is 33.8 Å². The summed E-state index contributed by atoms with van der Waals surface area (Å²) in [4.78, 5) is 21.1. The summed E-state index contributed by atoms with van der Waals surface area (Å²) >= 11 is 0. The van der Waals surface area contributed by atoms with Crippen LogP contribution in [0.25, 0.3) is 0 Å². The summed E-state index contributed by atoms with van der Waals surface area (Å²) < 4.78 is 5.93. The van der Waals surface area contributed by atoms with Crippen molar-refractivity contribution < 1.29 is 9.53 Å². The fourth-order valence-corrected chi connectivity index (χ4v) is 3.36. The van der Waals surface area contributed by atoms with Gasteiger partial charge in [0.15, 0.2) is 0 Å². The van der Waals surface area contributed by atoms with Crippen LogP contribution in [0.1, 0.15) is 58.8 Å². The number of H-pyrrole nitrogens is 1. The molecular formula is C18H25N5O2. The lowest BCUT2D eigenvalue weighted by Gasteiger charge is -2.29. The Morgan fingerprint density at radius 3 is 2.32 bits per heavy atom. The average Bonchev–Trinajstić information content (AvgIpc) is 2.87. The molecule has 1 saturated carbocycles. The van der Waals surface area contributed by atoms with E-state index in [2.05, 4.69) is 25.5 Å².